The van der Waals surface area contributed by atoms with Gasteiger partial charge in [0.15, 0.2) is 0 Å². The Bertz CT molecular complexity index is 350. The molecule has 1 amide bonds. The number of carbonyl (C=O) groups excluding carboxylic acids is 1. The maximum Gasteiger partial charge on any atom is 0.271 e. The van der Waals surface area contributed by atoms with Crippen molar-refractivity contribution in [2.24, 2.45) is 0 Å². The van der Waals surface area contributed by atoms with Crippen molar-refractivity contribution < 1.29 is 4.79 Å². The van der Waals surface area contributed by atoms with Crippen LogP contribution in [0.4, 0.5) is 5.82 Å². The first-order valence-electron chi connectivity index (χ1n) is 6.04. The average Bonchev–Trinajstić information content (AvgIpc) is 2.36. The molecule has 0 spiro atoms. The molecule has 5 nitrogen and oxygen atoms in total. The molecule has 0 saturated heterocycles. The van der Waals surface area contributed by atoms with Crippen molar-refractivity contribution in [2.75, 3.05) is 11.9 Å². The molecular weight excluding hydrogens is 216 g/mol. The Morgan fingerprint density at radius 3 is 2.65 bits per heavy atom. The number of hydrogen-bond acceptors (Lipinski definition) is 4. The van der Waals surface area contributed by atoms with Gasteiger partial charge in [0.2, 0.25) is 0 Å². The quantitative estimate of drug-likeness (QED) is 0.790. The van der Waals surface area contributed by atoms with E-state index in [2.05, 4.69) is 27.5 Å². The summed E-state index contributed by atoms with van der Waals surface area (Å²) in [6.45, 7) is 6.92. The van der Waals surface area contributed by atoms with Crippen LogP contribution in [0.1, 0.15) is 44.1 Å². The zero-order chi connectivity index (χ0) is 12.7. The summed E-state index contributed by atoms with van der Waals surface area (Å²) in [5, 5.41) is 5.95. The van der Waals surface area contributed by atoms with Gasteiger partial charge in [0.1, 0.15) is 11.5 Å². The van der Waals surface area contributed by atoms with Crippen LogP contribution in [0.3, 0.4) is 0 Å². The summed E-state index contributed by atoms with van der Waals surface area (Å²) in [4.78, 5) is 19.9. The number of amides is 1. The van der Waals surface area contributed by atoms with Crippen LogP contribution in [-0.2, 0) is 0 Å². The summed E-state index contributed by atoms with van der Waals surface area (Å²) in [5.41, 5.74) is 0.354. The van der Waals surface area contributed by atoms with Crippen LogP contribution in [0.15, 0.2) is 12.4 Å². The molecule has 0 aliphatic heterocycles. The first-order chi connectivity index (χ1) is 8.17. The van der Waals surface area contributed by atoms with Crippen molar-refractivity contribution >= 4 is 11.7 Å². The van der Waals surface area contributed by atoms with E-state index in [1.165, 1.54) is 6.20 Å². The molecule has 0 bridgehead atoms. The van der Waals surface area contributed by atoms with Crippen molar-refractivity contribution in [2.45, 2.75) is 39.7 Å². The van der Waals surface area contributed by atoms with Gasteiger partial charge in [-0.25, -0.2) is 9.97 Å². The molecule has 0 radical (unpaired) electrons. The minimum atomic E-state index is -0.172. The number of nitrogens with zero attached hydrogens (tertiary/aromatic N) is 2. The Morgan fingerprint density at radius 2 is 2.12 bits per heavy atom. The Morgan fingerprint density at radius 1 is 1.35 bits per heavy atom. The fraction of sp³-hybridized carbons (Fsp3) is 0.583. The highest BCUT2D eigenvalue weighted by Gasteiger charge is 2.09. The van der Waals surface area contributed by atoms with Crippen molar-refractivity contribution in [3.8, 4) is 0 Å². The molecule has 1 rings (SSSR count). The Hall–Kier alpha value is -1.65. The predicted octanol–water partition coefficient (Wildman–Crippen LogP) is 1.83. The second-order valence-corrected chi connectivity index (χ2v) is 4.00. The van der Waals surface area contributed by atoms with E-state index in [0.29, 0.717) is 11.5 Å². The van der Waals surface area contributed by atoms with Crippen LogP contribution in [0.5, 0.6) is 0 Å². The van der Waals surface area contributed by atoms with Crippen molar-refractivity contribution in [1.29, 1.82) is 0 Å². The molecule has 1 heterocycles. The standard InChI is InChI=1S/C12H20N4O/c1-4-6-13-11-8-14-10(7-15-11)12(17)16-9(3)5-2/h7-9H,4-6H2,1-3H3,(H,13,15)(H,16,17). The second-order valence-electron chi connectivity index (χ2n) is 4.00. The normalized spacial score (nSPS) is 11.9. The topological polar surface area (TPSA) is 66.9 Å². The van der Waals surface area contributed by atoms with Gasteiger partial charge in [0.25, 0.3) is 5.91 Å². The van der Waals surface area contributed by atoms with E-state index in [0.717, 1.165) is 19.4 Å². The summed E-state index contributed by atoms with van der Waals surface area (Å²) < 4.78 is 0. The molecule has 5 heteroatoms. The maximum atomic E-state index is 11.7. The first-order valence-corrected chi connectivity index (χ1v) is 6.04. The lowest BCUT2D eigenvalue weighted by Gasteiger charge is -2.10. The van der Waals surface area contributed by atoms with E-state index in [-0.39, 0.29) is 11.9 Å². The Kier molecular flexibility index (Phi) is 5.39. The average molecular weight is 236 g/mol. The van der Waals surface area contributed by atoms with E-state index in [1.807, 2.05) is 13.8 Å². The monoisotopic (exact) mass is 236 g/mol. The van der Waals surface area contributed by atoms with Crippen LogP contribution < -0.4 is 10.6 Å². The summed E-state index contributed by atoms with van der Waals surface area (Å²) >= 11 is 0. The number of nitrogens with one attached hydrogen (secondary N) is 2. The molecule has 0 fully saturated rings. The third kappa shape index (κ3) is 4.38. The number of anilines is 1. The highest BCUT2D eigenvalue weighted by molar-refractivity contribution is 5.92. The summed E-state index contributed by atoms with van der Waals surface area (Å²) in [6, 6.07) is 0.155. The van der Waals surface area contributed by atoms with Gasteiger partial charge in [0, 0.05) is 12.6 Å². The third-order valence-corrected chi connectivity index (χ3v) is 2.43. The lowest BCUT2D eigenvalue weighted by Crippen LogP contribution is -2.32. The Labute approximate surface area is 102 Å². The summed E-state index contributed by atoms with van der Waals surface area (Å²) in [7, 11) is 0. The van der Waals surface area contributed by atoms with Gasteiger partial charge in [-0.3, -0.25) is 4.79 Å². The molecular formula is C12H20N4O. The fourth-order valence-corrected chi connectivity index (χ4v) is 1.19. The van der Waals surface area contributed by atoms with Crippen molar-refractivity contribution in [1.82, 2.24) is 15.3 Å². The van der Waals surface area contributed by atoms with Crippen LogP contribution in [-0.4, -0.2) is 28.5 Å². The highest BCUT2D eigenvalue weighted by atomic mass is 16.1. The summed E-state index contributed by atoms with van der Waals surface area (Å²) in [5.74, 6) is 0.529. The molecule has 0 saturated carbocycles. The minimum Gasteiger partial charge on any atom is -0.369 e. The van der Waals surface area contributed by atoms with E-state index in [1.54, 1.807) is 6.20 Å². The Balaban J connectivity index is 2.57. The second kappa shape index (κ2) is 6.83. The molecule has 2 N–H and O–H groups in total. The first kappa shape index (κ1) is 13.4. The third-order valence-electron chi connectivity index (χ3n) is 2.43. The van der Waals surface area contributed by atoms with E-state index < -0.39 is 0 Å². The van der Waals surface area contributed by atoms with Crippen LogP contribution >= 0.6 is 0 Å². The molecule has 1 atom stereocenters. The lowest BCUT2D eigenvalue weighted by atomic mass is 10.2. The van der Waals surface area contributed by atoms with E-state index in [4.69, 9.17) is 0 Å². The fourth-order valence-electron chi connectivity index (χ4n) is 1.19. The molecule has 0 aromatic carbocycles. The van der Waals surface area contributed by atoms with Gasteiger partial charge < -0.3 is 10.6 Å². The molecule has 17 heavy (non-hydrogen) atoms. The molecule has 0 aliphatic carbocycles. The maximum absolute atomic E-state index is 11.7. The molecule has 1 aromatic rings. The molecule has 1 aromatic heterocycles. The van der Waals surface area contributed by atoms with Crippen LogP contribution in [0.25, 0.3) is 0 Å². The zero-order valence-corrected chi connectivity index (χ0v) is 10.7. The van der Waals surface area contributed by atoms with Gasteiger partial charge in [-0.1, -0.05) is 13.8 Å². The molecule has 0 aliphatic rings. The number of aromatic nitrogens is 2. The molecule has 94 valence electrons. The zero-order valence-electron chi connectivity index (χ0n) is 10.7. The lowest BCUT2D eigenvalue weighted by molar-refractivity contribution is 0.0934. The van der Waals surface area contributed by atoms with E-state index >= 15 is 0 Å². The summed E-state index contributed by atoms with van der Waals surface area (Å²) in [6.07, 6.45) is 5.00. The number of hydrogen-bond donors (Lipinski definition) is 2. The van der Waals surface area contributed by atoms with E-state index in [9.17, 15) is 4.79 Å². The highest BCUT2D eigenvalue weighted by Crippen LogP contribution is 2.01. The smallest absolute Gasteiger partial charge is 0.271 e. The van der Waals surface area contributed by atoms with Gasteiger partial charge in [-0.05, 0) is 19.8 Å². The predicted molar refractivity (Wildman–Crippen MR) is 68.0 cm³/mol. The van der Waals surface area contributed by atoms with Crippen LogP contribution in [0.2, 0.25) is 0 Å². The van der Waals surface area contributed by atoms with Gasteiger partial charge >= 0.3 is 0 Å². The number of rotatable bonds is 6. The number of carbonyl (C=O) groups is 1. The molecule has 1 unspecified atom stereocenters. The largest absolute Gasteiger partial charge is 0.369 e. The van der Waals surface area contributed by atoms with Crippen LogP contribution in [0, 0.1) is 0 Å². The van der Waals surface area contributed by atoms with Gasteiger partial charge in [0.05, 0.1) is 12.4 Å². The minimum absolute atomic E-state index is 0.155. The van der Waals surface area contributed by atoms with Crippen molar-refractivity contribution in [3.63, 3.8) is 0 Å². The SMILES string of the molecule is CCCNc1cnc(C(=O)NC(C)CC)cn1. The van der Waals surface area contributed by atoms with Crippen molar-refractivity contribution in [3.05, 3.63) is 18.1 Å². The van der Waals surface area contributed by atoms with Gasteiger partial charge in [-0.2, -0.15) is 0 Å². The van der Waals surface area contributed by atoms with Gasteiger partial charge in [-0.15, -0.1) is 0 Å².